The zero-order valence-corrected chi connectivity index (χ0v) is 15.0. The Morgan fingerprint density at radius 3 is 2.93 bits per heavy atom. The summed E-state index contributed by atoms with van der Waals surface area (Å²) in [5, 5.41) is 21.4. The molecule has 27 heavy (non-hydrogen) atoms. The second-order valence-electron chi connectivity index (χ2n) is 6.58. The number of nitrogens with zero attached hydrogens (tertiary/aromatic N) is 3. The maximum Gasteiger partial charge on any atom is 0.294 e. The lowest BCUT2D eigenvalue weighted by molar-refractivity contribution is -0.384. The molecule has 1 atom stereocenters. The molecular formula is C18H21N5O4. The van der Waals surface area contributed by atoms with Crippen LogP contribution in [0.3, 0.4) is 0 Å². The lowest BCUT2D eigenvalue weighted by Gasteiger charge is -2.22. The molecule has 142 valence electrons. The monoisotopic (exact) mass is 371 g/mol. The molecule has 1 aromatic carbocycles. The van der Waals surface area contributed by atoms with Crippen molar-refractivity contribution in [3.63, 3.8) is 0 Å². The number of nitro benzene ring substituents is 1. The first-order chi connectivity index (χ1) is 13.0. The number of nitrogens with one attached hydrogen (secondary N) is 2. The third-order valence-electron chi connectivity index (χ3n) is 4.58. The van der Waals surface area contributed by atoms with Crippen LogP contribution in [0.1, 0.15) is 29.0 Å². The Morgan fingerprint density at radius 1 is 1.44 bits per heavy atom. The molecule has 1 aromatic heterocycles. The number of benzene rings is 1. The number of aromatic nitrogens is 2. The fraction of sp³-hybridized carbons (Fsp3) is 0.389. The number of nitro groups is 1. The Morgan fingerprint density at radius 2 is 2.22 bits per heavy atom. The van der Waals surface area contributed by atoms with Crippen LogP contribution in [-0.2, 0) is 0 Å². The Hall–Kier alpha value is -3.07. The van der Waals surface area contributed by atoms with Crippen LogP contribution in [0.25, 0.3) is 5.69 Å². The average Bonchev–Trinajstić information content (AvgIpc) is 2.67. The molecule has 1 fully saturated rings. The Bertz CT molecular complexity index is 918. The quantitative estimate of drug-likeness (QED) is 0.602. The van der Waals surface area contributed by atoms with Crippen molar-refractivity contribution in [2.45, 2.75) is 19.8 Å². The van der Waals surface area contributed by atoms with E-state index < -0.39 is 16.3 Å². The van der Waals surface area contributed by atoms with Crippen molar-refractivity contribution in [2.75, 3.05) is 19.6 Å². The molecule has 2 N–H and O–H groups in total. The smallest absolute Gasteiger partial charge is 0.294 e. The molecule has 3 rings (SSSR count). The summed E-state index contributed by atoms with van der Waals surface area (Å²) < 4.78 is 1.26. The lowest BCUT2D eigenvalue weighted by atomic mass is 10.00. The molecule has 0 radical (unpaired) electrons. The second kappa shape index (κ2) is 8.09. The molecule has 2 heterocycles. The van der Waals surface area contributed by atoms with Gasteiger partial charge in [-0.05, 0) is 44.8 Å². The summed E-state index contributed by atoms with van der Waals surface area (Å²) >= 11 is 0. The number of carbonyl (C=O) groups is 1. The van der Waals surface area contributed by atoms with Crippen LogP contribution >= 0.6 is 0 Å². The normalized spacial score (nSPS) is 16.7. The fourth-order valence-corrected chi connectivity index (χ4v) is 3.17. The lowest BCUT2D eigenvalue weighted by Crippen LogP contribution is -2.40. The van der Waals surface area contributed by atoms with E-state index >= 15 is 0 Å². The molecule has 1 aliphatic rings. The van der Waals surface area contributed by atoms with E-state index in [1.54, 1.807) is 19.1 Å². The van der Waals surface area contributed by atoms with Crippen molar-refractivity contribution >= 4 is 11.6 Å². The molecule has 2 aromatic rings. The first kappa shape index (κ1) is 18.7. The molecule has 0 saturated carbocycles. The predicted octanol–water partition coefficient (Wildman–Crippen LogP) is 1.18. The topological polar surface area (TPSA) is 119 Å². The van der Waals surface area contributed by atoms with E-state index in [-0.39, 0.29) is 17.1 Å². The van der Waals surface area contributed by atoms with Gasteiger partial charge in [-0.1, -0.05) is 12.1 Å². The number of piperidine rings is 1. The van der Waals surface area contributed by atoms with Gasteiger partial charge in [0.15, 0.2) is 5.69 Å². The standard InChI is InChI=1S/C18H21N5O4/c1-12-9-16(24)17(18(25)20-11-13-5-4-8-19-10-13)21-22(12)14-6-2-3-7-15(14)23(26)27/h2-3,6-7,9,13,19H,4-5,8,10-11H2,1H3,(H,20,25). The summed E-state index contributed by atoms with van der Waals surface area (Å²) in [6.07, 6.45) is 2.06. The van der Waals surface area contributed by atoms with Gasteiger partial charge in [0.1, 0.15) is 5.69 Å². The van der Waals surface area contributed by atoms with E-state index in [1.165, 1.54) is 22.9 Å². The first-order valence-corrected chi connectivity index (χ1v) is 8.81. The van der Waals surface area contributed by atoms with Crippen molar-refractivity contribution in [1.82, 2.24) is 20.4 Å². The summed E-state index contributed by atoms with van der Waals surface area (Å²) in [6.45, 7) is 3.86. The molecule has 1 amide bonds. The van der Waals surface area contributed by atoms with Crippen LogP contribution in [0, 0.1) is 23.0 Å². The van der Waals surface area contributed by atoms with Gasteiger partial charge in [-0.25, -0.2) is 4.68 Å². The maximum absolute atomic E-state index is 12.5. The third kappa shape index (κ3) is 4.20. The summed E-state index contributed by atoms with van der Waals surface area (Å²) in [5.41, 5.74) is -0.339. The van der Waals surface area contributed by atoms with Crippen molar-refractivity contribution in [3.8, 4) is 5.69 Å². The predicted molar refractivity (Wildman–Crippen MR) is 99.2 cm³/mol. The third-order valence-corrected chi connectivity index (χ3v) is 4.58. The first-order valence-electron chi connectivity index (χ1n) is 8.81. The number of hydrogen-bond donors (Lipinski definition) is 2. The molecule has 0 bridgehead atoms. The van der Waals surface area contributed by atoms with Gasteiger partial charge in [-0.15, -0.1) is 0 Å². The molecule has 1 aliphatic heterocycles. The number of para-hydroxylation sites is 2. The largest absolute Gasteiger partial charge is 0.350 e. The van der Waals surface area contributed by atoms with Crippen LogP contribution in [0.5, 0.6) is 0 Å². The number of carbonyl (C=O) groups excluding carboxylic acids is 1. The summed E-state index contributed by atoms with van der Waals surface area (Å²) in [7, 11) is 0. The van der Waals surface area contributed by atoms with Gasteiger partial charge < -0.3 is 10.6 Å². The van der Waals surface area contributed by atoms with Crippen molar-refractivity contribution < 1.29 is 9.72 Å². The zero-order valence-electron chi connectivity index (χ0n) is 15.0. The number of rotatable bonds is 5. The van der Waals surface area contributed by atoms with Crippen molar-refractivity contribution in [3.05, 3.63) is 62.1 Å². The molecule has 9 nitrogen and oxygen atoms in total. The van der Waals surface area contributed by atoms with E-state index in [1.807, 2.05) is 0 Å². The van der Waals surface area contributed by atoms with Gasteiger partial charge in [0, 0.05) is 24.4 Å². The van der Waals surface area contributed by atoms with Gasteiger partial charge in [-0.2, -0.15) is 5.10 Å². The van der Waals surface area contributed by atoms with E-state index in [0.29, 0.717) is 18.2 Å². The highest BCUT2D eigenvalue weighted by Gasteiger charge is 2.21. The maximum atomic E-state index is 12.5. The van der Waals surface area contributed by atoms with Gasteiger partial charge in [0.05, 0.1) is 4.92 Å². The minimum absolute atomic E-state index is 0.156. The highest BCUT2D eigenvalue weighted by atomic mass is 16.6. The van der Waals surface area contributed by atoms with Gasteiger partial charge in [0.2, 0.25) is 5.43 Å². The van der Waals surface area contributed by atoms with E-state index in [2.05, 4.69) is 15.7 Å². The van der Waals surface area contributed by atoms with Crippen LogP contribution in [0.15, 0.2) is 35.1 Å². The SMILES string of the molecule is Cc1cc(=O)c(C(=O)NCC2CCCNC2)nn1-c1ccccc1[N+](=O)[O-]. The number of aryl methyl sites for hydroxylation is 1. The molecule has 1 saturated heterocycles. The summed E-state index contributed by atoms with van der Waals surface area (Å²) in [4.78, 5) is 35.5. The van der Waals surface area contributed by atoms with E-state index in [0.717, 1.165) is 25.9 Å². The highest BCUT2D eigenvalue weighted by molar-refractivity contribution is 5.92. The summed E-state index contributed by atoms with van der Waals surface area (Å²) in [5.74, 6) is -0.261. The molecule has 9 heteroatoms. The molecular weight excluding hydrogens is 350 g/mol. The Kier molecular flexibility index (Phi) is 5.60. The molecule has 0 aliphatic carbocycles. The van der Waals surface area contributed by atoms with Crippen molar-refractivity contribution in [2.24, 2.45) is 5.92 Å². The van der Waals surface area contributed by atoms with Gasteiger partial charge in [0.25, 0.3) is 11.6 Å². The van der Waals surface area contributed by atoms with Crippen LogP contribution in [0.2, 0.25) is 0 Å². The zero-order chi connectivity index (χ0) is 19.4. The number of amides is 1. The van der Waals surface area contributed by atoms with Crippen LogP contribution in [-0.4, -0.2) is 40.2 Å². The van der Waals surface area contributed by atoms with Gasteiger partial charge in [-0.3, -0.25) is 19.7 Å². The summed E-state index contributed by atoms with van der Waals surface area (Å²) in [6, 6.07) is 7.33. The van der Waals surface area contributed by atoms with Crippen LogP contribution in [0.4, 0.5) is 5.69 Å². The fourth-order valence-electron chi connectivity index (χ4n) is 3.17. The van der Waals surface area contributed by atoms with Gasteiger partial charge >= 0.3 is 0 Å². The van der Waals surface area contributed by atoms with Crippen molar-refractivity contribution in [1.29, 1.82) is 0 Å². The molecule has 0 spiro atoms. The number of hydrogen-bond acceptors (Lipinski definition) is 6. The average molecular weight is 371 g/mol. The molecule has 1 unspecified atom stereocenters. The van der Waals surface area contributed by atoms with E-state index in [9.17, 15) is 19.7 Å². The highest BCUT2D eigenvalue weighted by Crippen LogP contribution is 2.22. The minimum atomic E-state index is -0.571. The Balaban J connectivity index is 1.89. The minimum Gasteiger partial charge on any atom is -0.350 e. The van der Waals surface area contributed by atoms with Crippen LogP contribution < -0.4 is 16.1 Å². The second-order valence-corrected chi connectivity index (χ2v) is 6.58. The van der Waals surface area contributed by atoms with E-state index in [4.69, 9.17) is 0 Å². The Labute approximate surface area is 155 Å².